The van der Waals surface area contributed by atoms with E-state index in [0.717, 1.165) is 27.0 Å². The predicted octanol–water partition coefficient (Wildman–Crippen LogP) is 3.43. The van der Waals surface area contributed by atoms with Crippen molar-refractivity contribution in [2.45, 2.75) is 46.0 Å². The van der Waals surface area contributed by atoms with E-state index in [1.54, 1.807) is 6.92 Å². The first-order chi connectivity index (χ1) is 16.5. The number of aromatic nitrogens is 5. The van der Waals surface area contributed by atoms with E-state index < -0.39 is 11.8 Å². The standard InChI is InChI=1S/C22H25N7O2S.CH2O2/c1-11-17(22(3,4)5)32-21(27-11)15(18(23)30)9-24-20-14-8-13(19-28-12(2)31-29-19)6-7-16(14)25-10-26-20;2-1-3/h6-8,10,15H,9H2,1-5H3,(H2,23,30)(H,24,25,26);1H,(H,2,3). The van der Waals surface area contributed by atoms with Gasteiger partial charge >= 0.3 is 0 Å². The molecule has 35 heavy (non-hydrogen) atoms. The van der Waals surface area contributed by atoms with E-state index in [4.69, 9.17) is 20.2 Å². The van der Waals surface area contributed by atoms with Gasteiger partial charge in [-0.2, -0.15) is 4.98 Å². The van der Waals surface area contributed by atoms with Gasteiger partial charge in [-0.1, -0.05) is 25.9 Å². The van der Waals surface area contributed by atoms with Gasteiger partial charge in [-0.15, -0.1) is 11.3 Å². The average Bonchev–Trinajstić information content (AvgIpc) is 3.39. The zero-order valence-corrected chi connectivity index (χ0v) is 20.9. The Morgan fingerprint density at radius 1 is 1.26 bits per heavy atom. The second-order valence-corrected chi connectivity index (χ2v) is 9.78. The molecule has 4 N–H and O–H groups in total. The molecule has 4 rings (SSSR count). The van der Waals surface area contributed by atoms with Crippen LogP contribution >= 0.6 is 11.3 Å². The van der Waals surface area contributed by atoms with E-state index in [-0.39, 0.29) is 18.4 Å². The number of primary amides is 1. The van der Waals surface area contributed by atoms with Crippen LogP contribution < -0.4 is 11.1 Å². The van der Waals surface area contributed by atoms with E-state index >= 15 is 0 Å². The fourth-order valence-electron chi connectivity index (χ4n) is 3.52. The molecule has 0 aliphatic carbocycles. The van der Waals surface area contributed by atoms with Crippen molar-refractivity contribution in [2.24, 2.45) is 5.73 Å². The number of rotatable bonds is 6. The quantitative estimate of drug-likeness (QED) is 0.335. The number of hydrogen-bond donors (Lipinski definition) is 3. The molecule has 1 unspecified atom stereocenters. The molecule has 4 aromatic rings. The predicted molar refractivity (Wildman–Crippen MR) is 132 cm³/mol. The van der Waals surface area contributed by atoms with Gasteiger partial charge < -0.3 is 20.7 Å². The van der Waals surface area contributed by atoms with Crippen molar-refractivity contribution in [3.63, 3.8) is 0 Å². The van der Waals surface area contributed by atoms with Crippen LogP contribution in [-0.2, 0) is 15.0 Å². The lowest BCUT2D eigenvalue weighted by atomic mass is 9.93. The molecule has 3 aromatic heterocycles. The van der Waals surface area contributed by atoms with Gasteiger partial charge in [0.05, 0.1) is 11.2 Å². The molecule has 1 amide bonds. The molecule has 1 aromatic carbocycles. The van der Waals surface area contributed by atoms with E-state index in [2.05, 4.69) is 51.2 Å². The molecule has 0 aliphatic rings. The molecule has 0 aliphatic heterocycles. The fraction of sp³-hybridized carbons (Fsp3) is 0.348. The summed E-state index contributed by atoms with van der Waals surface area (Å²) in [6, 6.07) is 5.64. The van der Waals surface area contributed by atoms with Gasteiger partial charge in [0.1, 0.15) is 23.1 Å². The van der Waals surface area contributed by atoms with Gasteiger partial charge in [0, 0.05) is 29.3 Å². The maximum atomic E-state index is 12.3. The molecule has 0 saturated heterocycles. The minimum Gasteiger partial charge on any atom is -0.483 e. The first kappa shape index (κ1) is 25.7. The van der Waals surface area contributed by atoms with Crippen LogP contribution in [-0.4, -0.2) is 49.1 Å². The lowest BCUT2D eigenvalue weighted by molar-refractivity contribution is -0.123. The molecule has 0 saturated carbocycles. The third-order valence-corrected chi connectivity index (χ3v) is 6.73. The summed E-state index contributed by atoms with van der Waals surface area (Å²) < 4.78 is 5.09. The van der Waals surface area contributed by atoms with Crippen molar-refractivity contribution in [3.05, 3.63) is 46.0 Å². The van der Waals surface area contributed by atoms with Crippen LogP contribution in [0.3, 0.4) is 0 Å². The molecule has 1 atom stereocenters. The van der Waals surface area contributed by atoms with Crippen LogP contribution in [0.1, 0.15) is 48.2 Å². The van der Waals surface area contributed by atoms with Crippen LogP contribution in [0.15, 0.2) is 29.0 Å². The third kappa shape index (κ3) is 5.96. The number of amides is 1. The van der Waals surface area contributed by atoms with Crippen molar-refractivity contribution < 1.29 is 19.2 Å². The van der Waals surface area contributed by atoms with E-state index in [9.17, 15) is 4.79 Å². The van der Waals surface area contributed by atoms with E-state index in [1.807, 2.05) is 25.1 Å². The number of thiazole rings is 1. The second-order valence-electron chi connectivity index (χ2n) is 8.75. The number of benzene rings is 1. The van der Waals surface area contributed by atoms with Gasteiger partial charge in [0.25, 0.3) is 6.47 Å². The van der Waals surface area contributed by atoms with Gasteiger partial charge in [-0.05, 0) is 30.5 Å². The molecule has 12 heteroatoms. The molecule has 3 heterocycles. The Labute approximate surface area is 205 Å². The van der Waals surface area contributed by atoms with Crippen LogP contribution in [0.25, 0.3) is 22.3 Å². The highest BCUT2D eigenvalue weighted by Gasteiger charge is 2.27. The zero-order valence-electron chi connectivity index (χ0n) is 20.1. The average molecular weight is 498 g/mol. The third-order valence-electron chi connectivity index (χ3n) is 5.03. The van der Waals surface area contributed by atoms with Gasteiger partial charge in [-0.3, -0.25) is 9.59 Å². The molecule has 0 radical (unpaired) electrons. The van der Waals surface area contributed by atoms with Crippen LogP contribution in [0.2, 0.25) is 0 Å². The fourth-order valence-corrected chi connectivity index (χ4v) is 4.76. The lowest BCUT2D eigenvalue weighted by Gasteiger charge is -2.16. The number of carboxylic acid groups (broad SMARTS) is 1. The zero-order chi connectivity index (χ0) is 25.8. The molecule has 184 valence electrons. The number of hydrogen-bond acceptors (Lipinski definition) is 10. The first-order valence-electron chi connectivity index (χ1n) is 10.7. The summed E-state index contributed by atoms with van der Waals surface area (Å²) in [5.41, 5.74) is 8.15. The number of anilines is 1. The highest BCUT2D eigenvalue weighted by atomic mass is 32.1. The number of aryl methyl sites for hydroxylation is 2. The Balaban J connectivity index is 0.00000108. The van der Waals surface area contributed by atoms with Gasteiger partial charge in [0.15, 0.2) is 0 Å². The molecule has 0 spiro atoms. The number of nitrogens with zero attached hydrogens (tertiary/aromatic N) is 5. The number of carbonyl (C=O) groups is 2. The van der Waals surface area contributed by atoms with Gasteiger partial charge in [0.2, 0.25) is 17.6 Å². The monoisotopic (exact) mass is 497 g/mol. The number of carbonyl (C=O) groups excluding carboxylic acids is 1. The minimum atomic E-state index is -0.581. The summed E-state index contributed by atoms with van der Waals surface area (Å²) in [5, 5.41) is 15.6. The van der Waals surface area contributed by atoms with Crippen molar-refractivity contribution in [2.75, 3.05) is 11.9 Å². The number of nitrogens with two attached hydrogens (primary N) is 1. The smallest absolute Gasteiger partial charge is 0.290 e. The topological polar surface area (TPSA) is 170 Å². The highest BCUT2D eigenvalue weighted by Crippen LogP contribution is 2.34. The SMILES string of the molecule is Cc1nc(-c2ccc3ncnc(NCC(C(N)=O)c4nc(C)c(C(C)(C)C)s4)c3c2)no1.O=CO. The largest absolute Gasteiger partial charge is 0.483 e. The molecule has 11 nitrogen and oxygen atoms in total. The molecular formula is C23H27N7O4S. The Morgan fingerprint density at radius 2 is 1.97 bits per heavy atom. The van der Waals surface area contributed by atoms with Crippen LogP contribution in [0, 0.1) is 13.8 Å². The van der Waals surface area contributed by atoms with E-state index in [0.29, 0.717) is 22.5 Å². The lowest BCUT2D eigenvalue weighted by Crippen LogP contribution is -2.27. The van der Waals surface area contributed by atoms with Crippen molar-refractivity contribution in [1.29, 1.82) is 0 Å². The van der Waals surface area contributed by atoms with Crippen LogP contribution in [0.4, 0.5) is 5.82 Å². The summed E-state index contributed by atoms with van der Waals surface area (Å²) in [7, 11) is 0. The van der Waals surface area contributed by atoms with Crippen molar-refractivity contribution in [1.82, 2.24) is 25.1 Å². The summed E-state index contributed by atoms with van der Waals surface area (Å²) >= 11 is 1.53. The van der Waals surface area contributed by atoms with Crippen molar-refractivity contribution in [3.8, 4) is 11.4 Å². The molecule has 0 bridgehead atoms. The second kappa shape index (κ2) is 10.6. The first-order valence-corrected chi connectivity index (χ1v) is 11.5. The summed E-state index contributed by atoms with van der Waals surface area (Å²) in [6.45, 7) is 10.1. The van der Waals surface area contributed by atoms with E-state index in [1.165, 1.54) is 17.7 Å². The highest BCUT2D eigenvalue weighted by molar-refractivity contribution is 7.12. The summed E-state index contributed by atoms with van der Waals surface area (Å²) in [5.74, 6) is 0.547. The summed E-state index contributed by atoms with van der Waals surface area (Å²) in [4.78, 5) is 39.4. The van der Waals surface area contributed by atoms with Gasteiger partial charge in [-0.25, -0.2) is 15.0 Å². The molecule has 0 fully saturated rings. The van der Waals surface area contributed by atoms with Crippen LogP contribution in [0.5, 0.6) is 0 Å². The van der Waals surface area contributed by atoms with Crippen molar-refractivity contribution >= 4 is 40.4 Å². The Kier molecular flexibility index (Phi) is 7.75. The maximum absolute atomic E-state index is 12.3. The Bertz CT molecular complexity index is 1340. The molecular weight excluding hydrogens is 470 g/mol. The number of nitrogens with one attached hydrogen (secondary N) is 1. The maximum Gasteiger partial charge on any atom is 0.290 e. The summed E-state index contributed by atoms with van der Waals surface area (Å²) in [6.07, 6.45) is 1.48. The Hall–Kier alpha value is -3.93. The minimum absolute atomic E-state index is 0.0532. The number of fused-ring (bicyclic) bond motifs is 1. The Morgan fingerprint density at radius 3 is 2.54 bits per heavy atom. The normalized spacial score (nSPS) is 12.0.